The number of anilines is 1. The van der Waals surface area contributed by atoms with E-state index in [2.05, 4.69) is 5.32 Å². The first kappa shape index (κ1) is 13.6. The lowest BCUT2D eigenvalue weighted by atomic mass is 9.95. The van der Waals surface area contributed by atoms with Crippen LogP contribution in [-0.2, 0) is 9.84 Å². The standard InChI is InChI=1S/C12H17ClN2O2S/c13-10-2-4-11(5-3-10)15-12(8-14)6-1-7-18(16,17)9-12/h2-5,15H,1,6-9,14H2. The molecule has 0 spiro atoms. The number of benzene rings is 1. The summed E-state index contributed by atoms with van der Waals surface area (Å²) >= 11 is 5.82. The van der Waals surface area contributed by atoms with Crippen LogP contribution in [0.1, 0.15) is 12.8 Å². The molecule has 100 valence electrons. The van der Waals surface area contributed by atoms with Crippen LogP contribution in [0.3, 0.4) is 0 Å². The van der Waals surface area contributed by atoms with Gasteiger partial charge in [0.2, 0.25) is 0 Å². The van der Waals surface area contributed by atoms with Crippen LogP contribution in [0.2, 0.25) is 5.02 Å². The van der Waals surface area contributed by atoms with Gasteiger partial charge in [0.15, 0.2) is 9.84 Å². The molecule has 0 amide bonds. The number of hydrogen-bond acceptors (Lipinski definition) is 4. The molecule has 6 heteroatoms. The first-order valence-electron chi connectivity index (χ1n) is 5.89. The van der Waals surface area contributed by atoms with Gasteiger partial charge < -0.3 is 11.1 Å². The minimum atomic E-state index is -3.00. The summed E-state index contributed by atoms with van der Waals surface area (Å²) in [6, 6.07) is 7.21. The molecule has 2 rings (SSSR count). The van der Waals surface area contributed by atoms with Gasteiger partial charge in [0.05, 0.1) is 17.0 Å². The third-order valence-corrected chi connectivity index (χ3v) is 5.41. The van der Waals surface area contributed by atoms with E-state index in [4.69, 9.17) is 17.3 Å². The topological polar surface area (TPSA) is 72.2 Å². The largest absolute Gasteiger partial charge is 0.377 e. The molecule has 0 bridgehead atoms. The molecule has 0 saturated carbocycles. The van der Waals surface area contributed by atoms with Gasteiger partial charge in [0.1, 0.15) is 0 Å². The lowest BCUT2D eigenvalue weighted by molar-refractivity contribution is 0.450. The summed E-state index contributed by atoms with van der Waals surface area (Å²) in [5, 5.41) is 3.92. The van der Waals surface area contributed by atoms with Crippen molar-refractivity contribution in [1.29, 1.82) is 0 Å². The normalized spacial score (nSPS) is 26.8. The second kappa shape index (κ2) is 5.07. The average molecular weight is 289 g/mol. The van der Waals surface area contributed by atoms with Crippen molar-refractivity contribution in [2.75, 3.05) is 23.4 Å². The van der Waals surface area contributed by atoms with E-state index in [0.717, 1.165) is 12.1 Å². The fourth-order valence-corrected chi connectivity index (χ4v) is 4.38. The molecule has 1 aromatic rings. The summed E-state index contributed by atoms with van der Waals surface area (Å²) in [7, 11) is -3.00. The lowest BCUT2D eigenvalue weighted by Gasteiger charge is -2.37. The van der Waals surface area contributed by atoms with E-state index in [0.29, 0.717) is 18.0 Å². The second-order valence-corrected chi connectivity index (χ2v) is 7.43. The van der Waals surface area contributed by atoms with E-state index < -0.39 is 15.4 Å². The SMILES string of the molecule is NCC1(Nc2ccc(Cl)cc2)CCCS(=O)(=O)C1. The maximum absolute atomic E-state index is 11.8. The number of nitrogens with one attached hydrogen (secondary N) is 1. The van der Waals surface area contributed by atoms with Gasteiger partial charge in [0, 0.05) is 17.3 Å². The van der Waals surface area contributed by atoms with E-state index in [1.165, 1.54) is 0 Å². The van der Waals surface area contributed by atoms with Gasteiger partial charge in [-0.25, -0.2) is 8.42 Å². The molecule has 1 aliphatic heterocycles. The zero-order chi connectivity index (χ0) is 13.2. The van der Waals surface area contributed by atoms with Gasteiger partial charge in [0.25, 0.3) is 0 Å². The van der Waals surface area contributed by atoms with Crippen LogP contribution in [0, 0.1) is 0 Å². The van der Waals surface area contributed by atoms with Gasteiger partial charge in [-0.05, 0) is 37.1 Å². The van der Waals surface area contributed by atoms with Crippen LogP contribution in [0.25, 0.3) is 0 Å². The second-order valence-electron chi connectivity index (χ2n) is 4.81. The molecule has 1 fully saturated rings. The molecule has 18 heavy (non-hydrogen) atoms. The molecule has 1 aliphatic rings. The molecule has 0 aliphatic carbocycles. The number of halogens is 1. The highest BCUT2D eigenvalue weighted by Gasteiger charge is 2.37. The first-order valence-corrected chi connectivity index (χ1v) is 8.09. The van der Waals surface area contributed by atoms with Gasteiger partial charge in [-0.1, -0.05) is 11.6 Å². The van der Waals surface area contributed by atoms with E-state index in [1.54, 1.807) is 12.1 Å². The molecular formula is C12H17ClN2O2S. The Morgan fingerprint density at radius 2 is 2.00 bits per heavy atom. The Morgan fingerprint density at radius 1 is 1.33 bits per heavy atom. The Labute approximate surface area is 112 Å². The monoisotopic (exact) mass is 288 g/mol. The highest BCUT2D eigenvalue weighted by molar-refractivity contribution is 7.91. The lowest BCUT2D eigenvalue weighted by Crippen LogP contribution is -2.53. The first-order chi connectivity index (χ1) is 8.45. The Bertz CT molecular complexity index is 515. The average Bonchev–Trinajstić information content (AvgIpc) is 2.31. The summed E-state index contributed by atoms with van der Waals surface area (Å²) in [6.07, 6.45) is 1.42. The number of rotatable bonds is 3. The zero-order valence-corrected chi connectivity index (χ0v) is 11.6. The maximum atomic E-state index is 11.8. The summed E-state index contributed by atoms with van der Waals surface area (Å²) in [5.41, 5.74) is 6.08. The summed E-state index contributed by atoms with van der Waals surface area (Å²) in [4.78, 5) is 0. The summed E-state index contributed by atoms with van der Waals surface area (Å²) in [5.74, 6) is 0.357. The van der Waals surface area contributed by atoms with Crippen LogP contribution in [-0.4, -0.2) is 32.0 Å². The van der Waals surface area contributed by atoms with E-state index in [9.17, 15) is 8.42 Å². The fraction of sp³-hybridized carbons (Fsp3) is 0.500. The van der Waals surface area contributed by atoms with Crippen molar-refractivity contribution in [2.24, 2.45) is 5.73 Å². The third-order valence-electron chi connectivity index (χ3n) is 3.25. The van der Waals surface area contributed by atoms with Crippen molar-refractivity contribution < 1.29 is 8.42 Å². The van der Waals surface area contributed by atoms with Crippen molar-refractivity contribution in [2.45, 2.75) is 18.4 Å². The molecule has 0 aromatic heterocycles. The molecule has 0 radical (unpaired) electrons. The van der Waals surface area contributed by atoms with E-state index in [1.807, 2.05) is 12.1 Å². The van der Waals surface area contributed by atoms with Crippen LogP contribution in [0.15, 0.2) is 24.3 Å². The van der Waals surface area contributed by atoms with Crippen molar-refractivity contribution in [3.63, 3.8) is 0 Å². The van der Waals surface area contributed by atoms with Crippen molar-refractivity contribution in [3.05, 3.63) is 29.3 Å². The van der Waals surface area contributed by atoms with Crippen molar-refractivity contribution >= 4 is 27.1 Å². The minimum absolute atomic E-state index is 0.0964. The summed E-state index contributed by atoms with van der Waals surface area (Å²) < 4.78 is 23.5. The Morgan fingerprint density at radius 3 is 2.56 bits per heavy atom. The fourth-order valence-electron chi connectivity index (χ4n) is 2.35. The molecule has 1 atom stereocenters. The van der Waals surface area contributed by atoms with Crippen molar-refractivity contribution in [1.82, 2.24) is 0 Å². The maximum Gasteiger partial charge on any atom is 0.152 e. The molecule has 1 saturated heterocycles. The number of sulfone groups is 1. The Kier molecular flexibility index (Phi) is 3.84. The zero-order valence-electron chi connectivity index (χ0n) is 10.0. The Balaban J connectivity index is 2.20. The highest BCUT2D eigenvalue weighted by atomic mass is 35.5. The third kappa shape index (κ3) is 3.16. The molecule has 4 nitrogen and oxygen atoms in total. The van der Waals surface area contributed by atoms with Gasteiger partial charge in [-0.15, -0.1) is 0 Å². The smallest absolute Gasteiger partial charge is 0.152 e. The van der Waals surface area contributed by atoms with E-state index in [-0.39, 0.29) is 11.5 Å². The number of nitrogens with two attached hydrogens (primary N) is 1. The van der Waals surface area contributed by atoms with Gasteiger partial charge >= 0.3 is 0 Å². The van der Waals surface area contributed by atoms with Crippen LogP contribution in [0.4, 0.5) is 5.69 Å². The van der Waals surface area contributed by atoms with Crippen LogP contribution >= 0.6 is 11.6 Å². The van der Waals surface area contributed by atoms with Gasteiger partial charge in [-0.3, -0.25) is 0 Å². The summed E-state index contributed by atoms with van der Waals surface area (Å²) in [6.45, 7) is 0.300. The molecule has 1 aromatic carbocycles. The predicted molar refractivity (Wildman–Crippen MR) is 74.7 cm³/mol. The molecule has 3 N–H and O–H groups in total. The predicted octanol–water partition coefficient (Wildman–Crippen LogP) is 1.66. The van der Waals surface area contributed by atoms with Crippen LogP contribution < -0.4 is 11.1 Å². The van der Waals surface area contributed by atoms with Crippen molar-refractivity contribution in [3.8, 4) is 0 Å². The minimum Gasteiger partial charge on any atom is -0.377 e. The Hall–Kier alpha value is -0.780. The quantitative estimate of drug-likeness (QED) is 0.887. The highest BCUT2D eigenvalue weighted by Crippen LogP contribution is 2.27. The number of hydrogen-bond donors (Lipinski definition) is 2. The molecule has 1 unspecified atom stereocenters. The van der Waals surface area contributed by atoms with Gasteiger partial charge in [-0.2, -0.15) is 0 Å². The molecule has 1 heterocycles. The van der Waals surface area contributed by atoms with Crippen LogP contribution in [0.5, 0.6) is 0 Å². The van der Waals surface area contributed by atoms with E-state index >= 15 is 0 Å². The molecular weight excluding hydrogens is 272 g/mol.